The first-order valence-corrected chi connectivity index (χ1v) is 8.66. The van der Waals surface area contributed by atoms with Crippen molar-refractivity contribution in [2.45, 2.75) is 67.0 Å². The maximum atomic E-state index is 12.9. The van der Waals surface area contributed by atoms with Crippen LogP contribution in [0.2, 0.25) is 0 Å². The Morgan fingerprint density at radius 3 is 2.12 bits per heavy atom. The van der Waals surface area contributed by atoms with Gasteiger partial charge in [0.1, 0.15) is 5.69 Å². The number of carbonyl (C=O) groups excluding carboxylic acids is 2. The average Bonchev–Trinajstić information content (AvgIpc) is 2.40. The smallest absolute Gasteiger partial charge is 0.274 e. The van der Waals surface area contributed by atoms with Crippen molar-refractivity contribution in [2.75, 3.05) is 5.32 Å². The van der Waals surface area contributed by atoms with E-state index in [4.69, 9.17) is 0 Å². The fourth-order valence-electron chi connectivity index (χ4n) is 2.81. The van der Waals surface area contributed by atoms with Crippen LogP contribution >= 0.6 is 0 Å². The lowest BCUT2D eigenvalue weighted by molar-refractivity contribution is -0.117. The van der Waals surface area contributed by atoms with Crippen molar-refractivity contribution in [1.82, 2.24) is 9.47 Å². The summed E-state index contributed by atoms with van der Waals surface area (Å²) >= 11 is 0. The van der Waals surface area contributed by atoms with Crippen LogP contribution in [-0.2, 0) is 11.8 Å². The van der Waals surface area contributed by atoms with E-state index in [2.05, 4.69) is 5.32 Å². The van der Waals surface area contributed by atoms with Gasteiger partial charge in [-0.1, -0.05) is 20.8 Å². The highest BCUT2D eigenvalue weighted by Gasteiger charge is 2.24. The lowest BCUT2D eigenvalue weighted by atomic mass is 9.92. The molecular weight excluding hydrogens is 318 g/mol. The van der Waals surface area contributed by atoms with Crippen LogP contribution in [0.1, 0.15) is 65.2 Å². The standard InChI is InChI=1S/C19H31N3O3/c1-12(2)22(13(3)4)17(24)14-9-15(18(25)21(8)11-14)20-16(23)10-19(5,6)7/h9,11-13H,10H2,1-8H3,(H,20,23). The minimum Gasteiger partial charge on any atom is -0.334 e. The van der Waals surface area contributed by atoms with Gasteiger partial charge in [0.25, 0.3) is 11.5 Å². The Labute approximate surface area is 150 Å². The first-order chi connectivity index (χ1) is 11.3. The second kappa shape index (κ2) is 7.85. The minimum atomic E-state index is -0.334. The lowest BCUT2D eigenvalue weighted by Gasteiger charge is -2.31. The second-order valence-corrected chi connectivity index (χ2v) is 8.24. The third-order valence-electron chi connectivity index (χ3n) is 3.74. The topological polar surface area (TPSA) is 71.4 Å². The largest absolute Gasteiger partial charge is 0.334 e. The molecule has 1 rings (SSSR count). The maximum Gasteiger partial charge on any atom is 0.274 e. The molecule has 0 bridgehead atoms. The van der Waals surface area contributed by atoms with E-state index in [0.29, 0.717) is 12.0 Å². The molecule has 0 radical (unpaired) electrons. The van der Waals surface area contributed by atoms with E-state index in [1.54, 1.807) is 11.9 Å². The normalized spacial score (nSPS) is 11.8. The number of nitrogens with zero attached hydrogens (tertiary/aromatic N) is 2. The van der Waals surface area contributed by atoms with Crippen LogP contribution in [0.25, 0.3) is 0 Å². The van der Waals surface area contributed by atoms with Crippen molar-refractivity contribution in [2.24, 2.45) is 12.5 Å². The minimum absolute atomic E-state index is 0.0312. The van der Waals surface area contributed by atoms with Gasteiger partial charge >= 0.3 is 0 Å². The van der Waals surface area contributed by atoms with Crippen LogP contribution in [0, 0.1) is 5.41 Å². The quantitative estimate of drug-likeness (QED) is 0.888. The van der Waals surface area contributed by atoms with E-state index in [1.165, 1.54) is 16.8 Å². The molecule has 1 aromatic heterocycles. The Morgan fingerprint density at radius 2 is 1.68 bits per heavy atom. The summed E-state index contributed by atoms with van der Waals surface area (Å²) in [7, 11) is 1.58. The molecule has 25 heavy (non-hydrogen) atoms. The zero-order valence-electron chi connectivity index (χ0n) is 16.6. The number of anilines is 1. The van der Waals surface area contributed by atoms with Gasteiger partial charge in [0, 0.05) is 31.7 Å². The molecule has 0 aliphatic carbocycles. The molecule has 1 heterocycles. The molecule has 0 spiro atoms. The number of aryl methyl sites for hydroxylation is 1. The summed E-state index contributed by atoms with van der Waals surface area (Å²) < 4.78 is 1.33. The summed E-state index contributed by atoms with van der Waals surface area (Å²) in [4.78, 5) is 39.1. The van der Waals surface area contributed by atoms with Crippen LogP contribution in [0.15, 0.2) is 17.1 Å². The third-order valence-corrected chi connectivity index (χ3v) is 3.74. The van der Waals surface area contributed by atoms with E-state index in [9.17, 15) is 14.4 Å². The lowest BCUT2D eigenvalue weighted by Crippen LogP contribution is -2.42. The van der Waals surface area contributed by atoms with E-state index < -0.39 is 0 Å². The van der Waals surface area contributed by atoms with Gasteiger partial charge in [0.15, 0.2) is 0 Å². The summed E-state index contributed by atoms with van der Waals surface area (Å²) in [5, 5.41) is 2.66. The Kier molecular flexibility index (Phi) is 6.57. The van der Waals surface area contributed by atoms with Crippen LogP contribution in [0.3, 0.4) is 0 Å². The van der Waals surface area contributed by atoms with Crippen LogP contribution in [0.4, 0.5) is 5.69 Å². The molecule has 0 aliphatic rings. The first-order valence-electron chi connectivity index (χ1n) is 8.66. The van der Waals surface area contributed by atoms with Crippen molar-refractivity contribution in [3.05, 3.63) is 28.2 Å². The Hall–Kier alpha value is -2.11. The number of rotatable bonds is 5. The van der Waals surface area contributed by atoms with E-state index in [0.717, 1.165) is 0 Å². The molecule has 2 amide bonds. The van der Waals surface area contributed by atoms with Gasteiger partial charge in [0.05, 0.1) is 5.56 Å². The highest BCUT2D eigenvalue weighted by molar-refractivity contribution is 5.97. The number of hydrogen-bond acceptors (Lipinski definition) is 3. The van der Waals surface area contributed by atoms with Crippen LogP contribution < -0.4 is 10.9 Å². The molecule has 0 saturated heterocycles. The summed E-state index contributed by atoms with van der Waals surface area (Å²) in [6.45, 7) is 13.7. The van der Waals surface area contributed by atoms with E-state index in [1.807, 2.05) is 48.5 Å². The van der Waals surface area contributed by atoms with Crippen molar-refractivity contribution in [3.8, 4) is 0 Å². The third kappa shape index (κ3) is 5.73. The summed E-state index contributed by atoms with van der Waals surface area (Å²) in [6.07, 6.45) is 1.81. The summed E-state index contributed by atoms with van der Waals surface area (Å²) in [5.74, 6) is -0.398. The van der Waals surface area contributed by atoms with Gasteiger partial charge in [-0.15, -0.1) is 0 Å². The molecule has 0 saturated carbocycles. The second-order valence-electron chi connectivity index (χ2n) is 8.24. The maximum absolute atomic E-state index is 12.9. The molecule has 0 aromatic carbocycles. The van der Waals surface area contributed by atoms with Gasteiger partial charge < -0.3 is 14.8 Å². The molecule has 0 atom stereocenters. The number of amides is 2. The molecular formula is C19H31N3O3. The molecule has 140 valence electrons. The first kappa shape index (κ1) is 20.9. The Morgan fingerprint density at radius 1 is 1.16 bits per heavy atom. The monoisotopic (exact) mass is 349 g/mol. The summed E-state index contributed by atoms with van der Waals surface area (Å²) in [5.41, 5.74) is -0.000428. The molecule has 6 heteroatoms. The molecule has 0 fully saturated rings. The zero-order valence-corrected chi connectivity index (χ0v) is 16.6. The number of pyridine rings is 1. The van der Waals surface area contributed by atoms with Crippen LogP contribution in [0.5, 0.6) is 0 Å². The van der Waals surface area contributed by atoms with Gasteiger partial charge in [-0.25, -0.2) is 0 Å². The molecule has 0 unspecified atom stereocenters. The molecule has 0 aliphatic heterocycles. The van der Waals surface area contributed by atoms with E-state index in [-0.39, 0.29) is 40.6 Å². The van der Waals surface area contributed by atoms with Gasteiger partial charge in [-0.05, 0) is 39.2 Å². The summed E-state index contributed by atoms with van der Waals surface area (Å²) in [6, 6.07) is 1.54. The van der Waals surface area contributed by atoms with Gasteiger partial charge in [-0.2, -0.15) is 0 Å². The van der Waals surface area contributed by atoms with Gasteiger partial charge in [-0.3, -0.25) is 14.4 Å². The van der Waals surface area contributed by atoms with Crippen LogP contribution in [-0.4, -0.2) is 33.4 Å². The molecule has 1 N–H and O–H groups in total. The van der Waals surface area contributed by atoms with Crippen molar-refractivity contribution in [3.63, 3.8) is 0 Å². The number of carbonyl (C=O) groups is 2. The Balaban J connectivity index is 3.21. The zero-order chi connectivity index (χ0) is 19.5. The fourth-order valence-corrected chi connectivity index (χ4v) is 2.81. The fraction of sp³-hybridized carbons (Fsp3) is 0.632. The van der Waals surface area contributed by atoms with Crippen molar-refractivity contribution >= 4 is 17.5 Å². The molecule has 1 aromatic rings. The molecule has 6 nitrogen and oxygen atoms in total. The van der Waals surface area contributed by atoms with E-state index >= 15 is 0 Å². The SMILES string of the molecule is CC(C)N(C(=O)c1cc(NC(=O)CC(C)(C)C)c(=O)n(C)c1)C(C)C. The van der Waals surface area contributed by atoms with Gasteiger partial charge in [0.2, 0.25) is 5.91 Å². The Bertz CT molecular complexity index is 689. The predicted molar refractivity (Wildman–Crippen MR) is 101 cm³/mol. The van der Waals surface area contributed by atoms with Crippen molar-refractivity contribution in [1.29, 1.82) is 0 Å². The predicted octanol–water partition coefficient (Wildman–Crippen LogP) is 3.02. The number of nitrogens with one attached hydrogen (secondary N) is 1. The number of hydrogen-bond donors (Lipinski definition) is 1. The average molecular weight is 349 g/mol. The van der Waals surface area contributed by atoms with Crippen molar-refractivity contribution < 1.29 is 9.59 Å². The highest BCUT2D eigenvalue weighted by atomic mass is 16.2. The highest BCUT2D eigenvalue weighted by Crippen LogP contribution is 2.19. The number of aromatic nitrogens is 1.